The summed E-state index contributed by atoms with van der Waals surface area (Å²) in [5, 5.41) is 26.1. The van der Waals surface area contributed by atoms with Crippen molar-refractivity contribution in [2.45, 2.75) is 25.4 Å². The smallest absolute Gasteiger partial charge is 0.247 e. The first-order valence-corrected chi connectivity index (χ1v) is 11.6. The number of carboxylic acids is 1. The molecule has 1 unspecified atom stereocenters. The third-order valence-corrected chi connectivity index (χ3v) is 5.51. The molecule has 3 rings (SSSR count). The molecule has 9 nitrogen and oxygen atoms in total. The van der Waals surface area contributed by atoms with Crippen LogP contribution in [0.3, 0.4) is 0 Å². The number of amides is 1. The molecule has 0 fully saturated rings. The molecule has 0 bridgehead atoms. The first-order chi connectivity index (χ1) is 17.9. The summed E-state index contributed by atoms with van der Waals surface area (Å²) in [6.07, 6.45) is 0.0666. The molecule has 0 spiro atoms. The van der Waals surface area contributed by atoms with Gasteiger partial charge in [-0.25, -0.2) is 0 Å². The highest BCUT2D eigenvalue weighted by Gasteiger charge is 2.27. The Morgan fingerprint density at radius 1 is 0.973 bits per heavy atom. The molecule has 3 aromatic carbocycles. The number of aliphatic carboxylic acids is 1. The number of carboxylic acid groups (broad SMARTS) is 1. The molecule has 0 saturated carbocycles. The molecule has 0 heterocycles. The fourth-order valence-corrected chi connectivity index (χ4v) is 3.60. The van der Waals surface area contributed by atoms with Gasteiger partial charge in [0.05, 0.1) is 32.5 Å². The Hall–Kier alpha value is -4.71. The van der Waals surface area contributed by atoms with Gasteiger partial charge in [0.25, 0.3) is 0 Å². The largest absolute Gasteiger partial charge is 0.550 e. The number of ether oxygens (including phenoxy) is 3. The summed E-state index contributed by atoms with van der Waals surface area (Å²) < 4.78 is 16.8. The van der Waals surface area contributed by atoms with E-state index in [0.29, 0.717) is 40.6 Å². The molecule has 3 aromatic rings. The number of rotatable bonds is 13. The number of nitrogens with zero attached hydrogens (tertiary/aromatic N) is 1. The molecule has 2 N–H and O–H groups in total. The van der Waals surface area contributed by atoms with E-state index >= 15 is 0 Å². The van der Waals surface area contributed by atoms with Gasteiger partial charge in [0.1, 0.15) is 11.8 Å². The van der Waals surface area contributed by atoms with Crippen LogP contribution in [0, 0.1) is 11.3 Å². The second-order valence-corrected chi connectivity index (χ2v) is 8.04. The standard InChI is InChI=1S/C28H29N3O6/c1-35-24-15-22(23(16-25(24)36-2)37-14-6-9-26(32)33)27(31-21-12-10-19(17-29)11-13-21)28(34)30-18-20-7-4-3-5-8-20/h3-5,7-8,10-13,15-16,27,31H,6,9,14,18H2,1-2H3,(H,30,34)(H,32,33)/p-1. The van der Waals surface area contributed by atoms with Gasteiger partial charge in [-0.3, -0.25) is 4.79 Å². The Balaban J connectivity index is 1.97. The lowest BCUT2D eigenvalue weighted by molar-refractivity contribution is -0.305. The molecule has 192 valence electrons. The molecule has 0 aromatic heterocycles. The van der Waals surface area contributed by atoms with Crippen LogP contribution in [0.25, 0.3) is 0 Å². The highest BCUT2D eigenvalue weighted by molar-refractivity contribution is 5.87. The number of carbonyl (C=O) groups excluding carboxylic acids is 2. The lowest BCUT2D eigenvalue weighted by Crippen LogP contribution is -2.33. The topological polar surface area (TPSA) is 133 Å². The Morgan fingerprint density at radius 2 is 1.65 bits per heavy atom. The van der Waals surface area contributed by atoms with Crippen LogP contribution in [0.1, 0.15) is 35.6 Å². The normalized spacial score (nSPS) is 11.1. The molecule has 37 heavy (non-hydrogen) atoms. The number of methoxy groups -OCH3 is 2. The highest BCUT2D eigenvalue weighted by Crippen LogP contribution is 2.39. The van der Waals surface area contributed by atoms with Crippen molar-refractivity contribution in [3.63, 3.8) is 0 Å². The number of nitrogens with one attached hydrogen (secondary N) is 2. The average Bonchev–Trinajstić information content (AvgIpc) is 2.93. The van der Waals surface area contributed by atoms with Crippen molar-refractivity contribution in [3.05, 3.63) is 83.4 Å². The third-order valence-electron chi connectivity index (χ3n) is 5.51. The zero-order valence-electron chi connectivity index (χ0n) is 20.7. The molecule has 0 aliphatic carbocycles. The summed E-state index contributed by atoms with van der Waals surface area (Å²) in [5.74, 6) is -0.390. The minimum Gasteiger partial charge on any atom is -0.550 e. The molecule has 1 atom stereocenters. The fourth-order valence-electron chi connectivity index (χ4n) is 3.60. The highest BCUT2D eigenvalue weighted by atomic mass is 16.5. The van der Waals surface area contributed by atoms with E-state index in [9.17, 15) is 14.7 Å². The predicted octanol–water partition coefficient (Wildman–Crippen LogP) is 2.95. The van der Waals surface area contributed by atoms with Gasteiger partial charge in [-0.05, 0) is 48.7 Å². The zero-order valence-corrected chi connectivity index (χ0v) is 20.7. The van der Waals surface area contributed by atoms with Crippen molar-refractivity contribution in [1.29, 1.82) is 5.26 Å². The van der Waals surface area contributed by atoms with Crippen molar-refractivity contribution < 1.29 is 28.9 Å². The van der Waals surface area contributed by atoms with E-state index < -0.39 is 12.0 Å². The number of anilines is 1. The second-order valence-electron chi connectivity index (χ2n) is 8.04. The summed E-state index contributed by atoms with van der Waals surface area (Å²) in [6.45, 7) is 0.395. The van der Waals surface area contributed by atoms with Gasteiger partial charge in [0, 0.05) is 29.8 Å². The Kier molecular flexibility index (Phi) is 9.74. The predicted molar refractivity (Wildman–Crippen MR) is 135 cm³/mol. The number of hydrogen-bond acceptors (Lipinski definition) is 8. The van der Waals surface area contributed by atoms with Crippen LogP contribution in [-0.2, 0) is 16.1 Å². The van der Waals surface area contributed by atoms with Crippen LogP contribution in [0.5, 0.6) is 17.2 Å². The molecular weight excluding hydrogens is 474 g/mol. The summed E-state index contributed by atoms with van der Waals surface area (Å²) in [7, 11) is 2.97. The fraction of sp³-hybridized carbons (Fsp3) is 0.250. The van der Waals surface area contributed by atoms with Crippen molar-refractivity contribution in [2.75, 3.05) is 26.1 Å². The van der Waals surface area contributed by atoms with E-state index in [2.05, 4.69) is 16.7 Å². The first kappa shape index (κ1) is 26.9. The van der Waals surface area contributed by atoms with Gasteiger partial charge in [0.15, 0.2) is 11.5 Å². The van der Waals surface area contributed by atoms with Crippen LogP contribution < -0.4 is 30.0 Å². The van der Waals surface area contributed by atoms with Crippen molar-refractivity contribution in [3.8, 4) is 23.3 Å². The van der Waals surface area contributed by atoms with Crippen molar-refractivity contribution >= 4 is 17.6 Å². The Bertz CT molecular complexity index is 1240. The summed E-state index contributed by atoms with van der Waals surface area (Å²) in [6, 6.07) is 20.6. The van der Waals surface area contributed by atoms with E-state index in [1.54, 1.807) is 36.4 Å². The number of benzene rings is 3. The SMILES string of the molecule is COc1cc(OCCCC(=O)[O-])c(C(Nc2ccc(C#N)cc2)C(=O)NCc2ccccc2)cc1OC. The lowest BCUT2D eigenvalue weighted by atomic mass is 10.0. The maximum absolute atomic E-state index is 13.5. The van der Waals surface area contributed by atoms with Crippen molar-refractivity contribution in [1.82, 2.24) is 5.32 Å². The summed E-state index contributed by atoms with van der Waals surface area (Å²) in [5.41, 5.74) is 2.48. The van der Waals surface area contributed by atoms with Gasteiger partial charge in [-0.1, -0.05) is 30.3 Å². The first-order valence-electron chi connectivity index (χ1n) is 11.6. The van der Waals surface area contributed by atoms with Crippen LogP contribution in [0.4, 0.5) is 5.69 Å². The van der Waals surface area contributed by atoms with Crippen LogP contribution in [0.15, 0.2) is 66.7 Å². The molecular formula is C28H28N3O6-. The molecule has 1 amide bonds. The molecule has 0 aliphatic rings. The van der Waals surface area contributed by atoms with Crippen LogP contribution in [-0.4, -0.2) is 32.7 Å². The Labute approximate surface area is 215 Å². The van der Waals surface area contributed by atoms with Gasteiger partial charge in [0.2, 0.25) is 5.91 Å². The van der Waals surface area contributed by atoms with Gasteiger partial charge >= 0.3 is 0 Å². The monoisotopic (exact) mass is 502 g/mol. The number of nitriles is 1. The minimum absolute atomic E-state index is 0.0890. The van der Waals surface area contributed by atoms with Crippen LogP contribution >= 0.6 is 0 Å². The lowest BCUT2D eigenvalue weighted by Gasteiger charge is -2.24. The minimum atomic E-state index is -1.17. The molecule has 0 saturated heterocycles. The third kappa shape index (κ3) is 7.64. The summed E-state index contributed by atoms with van der Waals surface area (Å²) >= 11 is 0. The summed E-state index contributed by atoms with van der Waals surface area (Å²) in [4.78, 5) is 24.3. The van der Waals surface area contributed by atoms with Gasteiger partial charge in [-0.15, -0.1) is 0 Å². The maximum Gasteiger partial charge on any atom is 0.247 e. The van der Waals surface area contributed by atoms with Gasteiger partial charge in [-0.2, -0.15) is 5.26 Å². The quantitative estimate of drug-likeness (QED) is 0.341. The molecule has 0 radical (unpaired) electrons. The van der Waals surface area contributed by atoms with E-state index in [1.807, 2.05) is 30.3 Å². The number of carbonyl (C=O) groups is 2. The van der Waals surface area contributed by atoms with Crippen LogP contribution in [0.2, 0.25) is 0 Å². The van der Waals surface area contributed by atoms with E-state index in [0.717, 1.165) is 5.56 Å². The van der Waals surface area contributed by atoms with E-state index in [-0.39, 0.29) is 25.4 Å². The molecule has 9 heteroatoms. The zero-order chi connectivity index (χ0) is 26.6. The maximum atomic E-state index is 13.5. The van der Waals surface area contributed by atoms with Crippen molar-refractivity contribution in [2.24, 2.45) is 0 Å². The Morgan fingerprint density at radius 3 is 2.27 bits per heavy atom. The molecule has 0 aliphatic heterocycles. The number of hydrogen-bond donors (Lipinski definition) is 2. The average molecular weight is 503 g/mol. The van der Waals surface area contributed by atoms with Gasteiger partial charge < -0.3 is 34.7 Å². The van der Waals surface area contributed by atoms with E-state index in [4.69, 9.17) is 19.5 Å². The van der Waals surface area contributed by atoms with E-state index in [1.165, 1.54) is 14.2 Å². The second kappa shape index (κ2) is 13.4.